The van der Waals surface area contributed by atoms with Crippen molar-refractivity contribution in [1.29, 1.82) is 0 Å². The van der Waals surface area contributed by atoms with Crippen LogP contribution < -0.4 is 0 Å². The molecule has 0 aliphatic carbocycles. The highest BCUT2D eigenvalue weighted by atomic mass is 16.5. The third kappa shape index (κ3) is 14.4. The zero-order chi connectivity index (χ0) is 22.6. The maximum Gasteiger partial charge on any atom is 0.310 e. The number of ether oxygens (including phenoxy) is 3. The Morgan fingerprint density at radius 3 is 1.73 bits per heavy atom. The van der Waals surface area contributed by atoms with Crippen molar-refractivity contribution in [2.24, 2.45) is 11.8 Å². The second-order valence-corrected chi connectivity index (χ2v) is 7.71. The van der Waals surface area contributed by atoms with Gasteiger partial charge in [-0.2, -0.15) is 0 Å². The fourth-order valence-corrected chi connectivity index (χ4v) is 2.91. The standard InChI is InChI=1S/C23H42O7/c1-4-6-8-11-15-28-21(25)18-20(23(27)30-17-13-10-14-24)19(3)22(26)29-16-12-9-7-5-2/h19-20,24H,4-18H2,1-3H3. The molecule has 0 saturated carbocycles. The van der Waals surface area contributed by atoms with Crippen molar-refractivity contribution in [1.82, 2.24) is 0 Å². The number of unbranched alkanes of at least 4 members (excludes halogenated alkanes) is 7. The smallest absolute Gasteiger partial charge is 0.310 e. The summed E-state index contributed by atoms with van der Waals surface area (Å²) in [6.45, 7) is 6.58. The third-order valence-electron chi connectivity index (χ3n) is 4.96. The largest absolute Gasteiger partial charge is 0.466 e. The van der Waals surface area contributed by atoms with Crippen LogP contribution in [0.4, 0.5) is 0 Å². The second kappa shape index (κ2) is 19.3. The Morgan fingerprint density at radius 1 is 0.700 bits per heavy atom. The van der Waals surface area contributed by atoms with Gasteiger partial charge in [0, 0.05) is 6.61 Å². The molecule has 176 valence electrons. The zero-order valence-electron chi connectivity index (χ0n) is 19.2. The van der Waals surface area contributed by atoms with Gasteiger partial charge in [0.2, 0.25) is 0 Å². The maximum absolute atomic E-state index is 12.5. The first kappa shape index (κ1) is 28.4. The molecule has 2 unspecified atom stereocenters. The Balaban J connectivity index is 4.69. The van der Waals surface area contributed by atoms with Crippen LogP contribution in [0.3, 0.4) is 0 Å². The van der Waals surface area contributed by atoms with Crippen LogP contribution in [0.15, 0.2) is 0 Å². The van der Waals surface area contributed by atoms with Crippen molar-refractivity contribution in [3.8, 4) is 0 Å². The summed E-state index contributed by atoms with van der Waals surface area (Å²) < 4.78 is 15.8. The van der Waals surface area contributed by atoms with Gasteiger partial charge in [-0.05, 0) is 25.7 Å². The second-order valence-electron chi connectivity index (χ2n) is 7.71. The first-order chi connectivity index (χ1) is 14.5. The molecule has 0 amide bonds. The van der Waals surface area contributed by atoms with Crippen LogP contribution in [0, 0.1) is 11.8 Å². The Kier molecular flexibility index (Phi) is 18.3. The van der Waals surface area contributed by atoms with Gasteiger partial charge in [0.1, 0.15) is 0 Å². The van der Waals surface area contributed by atoms with Gasteiger partial charge in [0.25, 0.3) is 0 Å². The number of rotatable bonds is 19. The Labute approximate surface area is 181 Å². The molecule has 7 nitrogen and oxygen atoms in total. The summed E-state index contributed by atoms with van der Waals surface area (Å²) in [6.07, 6.45) is 8.72. The minimum Gasteiger partial charge on any atom is -0.466 e. The van der Waals surface area contributed by atoms with Crippen LogP contribution in [0.5, 0.6) is 0 Å². The SMILES string of the molecule is CCCCCCOC(=O)CC(C(=O)OCCCCO)C(C)C(=O)OCCCCCC. The molecule has 0 saturated heterocycles. The van der Waals surface area contributed by atoms with E-state index in [1.165, 1.54) is 0 Å². The molecule has 0 fully saturated rings. The van der Waals surface area contributed by atoms with Crippen molar-refractivity contribution in [2.75, 3.05) is 26.4 Å². The molecule has 0 aromatic rings. The minimum absolute atomic E-state index is 0.0199. The Hall–Kier alpha value is -1.63. The third-order valence-corrected chi connectivity index (χ3v) is 4.96. The zero-order valence-corrected chi connectivity index (χ0v) is 19.2. The maximum atomic E-state index is 12.5. The van der Waals surface area contributed by atoms with Crippen LogP contribution in [0.25, 0.3) is 0 Å². The Bertz CT molecular complexity index is 464. The van der Waals surface area contributed by atoms with Crippen molar-refractivity contribution in [2.45, 2.75) is 91.4 Å². The quantitative estimate of drug-likeness (QED) is 0.186. The average Bonchev–Trinajstić information content (AvgIpc) is 2.74. The number of aliphatic hydroxyl groups is 1. The fourth-order valence-electron chi connectivity index (χ4n) is 2.91. The molecular formula is C23H42O7. The van der Waals surface area contributed by atoms with E-state index in [1.807, 2.05) is 0 Å². The Morgan fingerprint density at radius 2 is 1.20 bits per heavy atom. The summed E-state index contributed by atoms with van der Waals surface area (Å²) in [5, 5.41) is 8.83. The van der Waals surface area contributed by atoms with E-state index in [2.05, 4.69) is 13.8 Å². The van der Waals surface area contributed by atoms with Gasteiger partial charge < -0.3 is 19.3 Å². The van der Waals surface area contributed by atoms with Crippen molar-refractivity contribution < 1.29 is 33.7 Å². The van der Waals surface area contributed by atoms with E-state index in [-0.39, 0.29) is 19.6 Å². The first-order valence-electron chi connectivity index (χ1n) is 11.6. The molecule has 7 heteroatoms. The molecule has 2 atom stereocenters. The molecule has 0 aromatic carbocycles. The highest BCUT2D eigenvalue weighted by Crippen LogP contribution is 2.21. The lowest BCUT2D eigenvalue weighted by atomic mass is 9.91. The van der Waals surface area contributed by atoms with Crippen molar-refractivity contribution >= 4 is 17.9 Å². The molecule has 0 heterocycles. The number of carbonyl (C=O) groups is 3. The normalized spacial score (nSPS) is 12.8. The molecule has 0 rings (SSSR count). The number of carbonyl (C=O) groups excluding carboxylic acids is 3. The summed E-state index contributed by atoms with van der Waals surface area (Å²) in [5.74, 6) is -3.35. The summed E-state index contributed by atoms with van der Waals surface area (Å²) >= 11 is 0. The summed E-state index contributed by atoms with van der Waals surface area (Å²) in [4.78, 5) is 37.1. The highest BCUT2D eigenvalue weighted by molar-refractivity contribution is 5.85. The van der Waals surface area contributed by atoms with E-state index in [4.69, 9.17) is 19.3 Å². The number of aliphatic hydroxyl groups excluding tert-OH is 1. The lowest BCUT2D eigenvalue weighted by Crippen LogP contribution is -2.33. The van der Waals surface area contributed by atoms with Gasteiger partial charge in [-0.15, -0.1) is 0 Å². The van der Waals surface area contributed by atoms with Crippen LogP contribution in [-0.2, 0) is 28.6 Å². The van der Waals surface area contributed by atoms with Crippen LogP contribution >= 0.6 is 0 Å². The first-order valence-corrected chi connectivity index (χ1v) is 11.6. The summed E-state index contributed by atoms with van der Waals surface area (Å²) in [7, 11) is 0. The van der Waals surface area contributed by atoms with E-state index < -0.39 is 29.7 Å². The summed E-state index contributed by atoms with van der Waals surface area (Å²) in [6, 6.07) is 0. The van der Waals surface area contributed by atoms with Gasteiger partial charge in [0.05, 0.1) is 38.1 Å². The number of hydrogen-bond donors (Lipinski definition) is 1. The van der Waals surface area contributed by atoms with Gasteiger partial charge in [-0.1, -0.05) is 59.3 Å². The van der Waals surface area contributed by atoms with Gasteiger partial charge in [-0.25, -0.2) is 0 Å². The lowest BCUT2D eigenvalue weighted by molar-refractivity contribution is -0.164. The molecule has 0 aromatic heterocycles. The molecule has 0 bridgehead atoms. The highest BCUT2D eigenvalue weighted by Gasteiger charge is 2.35. The molecule has 0 radical (unpaired) electrons. The molecular weight excluding hydrogens is 388 g/mol. The predicted molar refractivity (Wildman–Crippen MR) is 115 cm³/mol. The average molecular weight is 431 g/mol. The van der Waals surface area contributed by atoms with Gasteiger partial charge in [0.15, 0.2) is 0 Å². The van der Waals surface area contributed by atoms with Crippen LogP contribution in [0.1, 0.15) is 91.4 Å². The van der Waals surface area contributed by atoms with Crippen molar-refractivity contribution in [3.05, 3.63) is 0 Å². The van der Waals surface area contributed by atoms with E-state index >= 15 is 0 Å². The molecule has 1 N–H and O–H groups in total. The molecule has 0 spiro atoms. The molecule has 0 aliphatic rings. The molecule has 30 heavy (non-hydrogen) atoms. The monoisotopic (exact) mass is 430 g/mol. The number of esters is 3. The minimum atomic E-state index is -0.939. The number of hydrogen-bond acceptors (Lipinski definition) is 7. The van der Waals surface area contributed by atoms with E-state index in [0.717, 1.165) is 51.4 Å². The van der Waals surface area contributed by atoms with E-state index in [9.17, 15) is 14.4 Å². The topological polar surface area (TPSA) is 99.1 Å². The van der Waals surface area contributed by atoms with Crippen LogP contribution in [0.2, 0.25) is 0 Å². The molecule has 0 aliphatic heterocycles. The fraction of sp³-hybridized carbons (Fsp3) is 0.870. The van der Waals surface area contributed by atoms with Gasteiger partial charge in [-0.3, -0.25) is 14.4 Å². The predicted octanol–water partition coefficient (Wildman–Crippen LogP) is 4.19. The van der Waals surface area contributed by atoms with Crippen LogP contribution in [-0.4, -0.2) is 49.4 Å². The lowest BCUT2D eigenvalue weighted by Gasteiger charge is -2.21. The van der Waals surface area contributed by atoms with E-state index in [0.29, 0.717) is 26.1 Å². The van der Waals surface area contributed by atoms with Crippen molar-refractivity contribution in [3.63, 3.8) is 0 Å². The van der Waals surface area contributed by atoms with Gasteiger partial charge >= 0.3 is 17.9 Å². The van der Waals surface area contributed by atoms with E-state index in [1.54, 1.807) is 6.92 Å². The summed E-state index contributed by atoms with van der Waals surface area (Å²) in [5.41, 5.74) is 0.